The Morgan fingerprint density at radius 1 is 1.17 bits per heavy atom. The van der Waals surface area contributed by atoms with Crippen LogP contribution in [-0.2, 0) is 10.2 Å². The topological polar surface area (TPSA) is 92.2 Å². The van der Waals surface area contributed by atoms with E-state index < -0.39 is 5.60 Å². The Kier molecular flexibility index (Phi) is 5.84. The molecule has 2 atom stereocenters. The third-order valence-electron chi connectivity index (χ3n) is 6.96. The van der Waals surface area contributed by atoms with Gasteiger partial charge in [-0.2, -0.15) is 10.2 Å². The van der Waals surface area contributed by atoms with Crippen LogP contribution in [-0.4, -0.2) is 39.3 Å². The fraction of sp³-hybridized carbons (Fsp3) is 0.429. The van der Waals surface area contributed by atoms with E-state index in [0.29, 0.717) is 29.7 Å². The number of aromatic nitrogens is 2. The second kappa shape index (κ2) is 8.84. The van der Waals surface area contributed by atoms with E-state index in [1.54, 1.807) is 12.1 Å². The van der Waals surface area contributed by atoms with Crippen molar-refractivity contribution >= 4 is 6.09 Å². The molecule has 1 aromatic heterocycles. The minimum Gasteiger partial charge on any atom is -0.444 e. The Morgan fingerprint density at radius 3 is 2.49 bits per heavy atom. The minimum atomic E-state index is -0.575. The second-order valence-electron chi connectivity index (χ2n) is 10.7. The van der Waals surface area contributed by atoms with E-state index in [4.69, 9.17) is 19.5 Å². The third kappa shape index (κ3) is 4.79. The van der Waals surface area contributed by atoms with Gasteiger partial charge in [-0.3, -0.25) is 0 Å². The van der Waals surface area contributed by atoms with Crippen molar-refractivity contribution in [2.75, 3.05) is 6.54 Å². The van der Waals surface area contributed by atoms with E-state index in [-0.39, 0.29) is 17.6 Å². The molecule has 7 nitrogen and oxygen atoms in total. The minimum absolute atomic E-state index is 0.0922. The normalized spacial score (nSPS) is 20.4. The first-order valence-corrected chi connectivity index (χ1v) is 12.2. The van der Waals surface area contributed by atoms with Crippen molar-refractivity contribution in [3.63, 3.8) is 0 Å². The van der Waals surface area contributed by atoms with Crippen molar-refractivity contribution in [3.8, 4) is 17.5 Å². The second-order valence-corrected chi connectivity index (χ2v) is 10.7. The van der Waals surface area contributed by atoms with Gasteiger partial charge < -0.3 is 14.2 Å². The summed E-state index contributed by atoms with van der Waals surface area (Å²) in [7, 11) is 0. The van der Waals surface area contributed by atoms with Gasteiger partial charge in [-0.25, -0.2) is 4.79 Å². The van der Waals surface area contributed by atoms with E-state index in [2.05, 4.69) is 23.4 Å². The highest BCUT2D eigenvalue weighted by molar-refractivity contribution is 5.70. The predicted octanol–water partition coefficient (Wildman–Crippen LogP) is 5.82. The van der Waals surface area contributed by atoms with Crippen molar-refractivity contribution in [1.29, 1.82) is 5.26 Å². The van der Waals surface area contributed by atoms with E-state index in [9.17, 15) is 4.79 Å². The van der Waals surface area contributed by atoms with E-state index in [1.807, 2.05) is 56.0 Å². The van der Waals surface area contributed by atoms with Crippen LogP contribution >= 0.6 is 0 Å². The molecule has 2 aliphatic carbocycles. The monoisotopic (exact) mass is 470 g/mol. The van der Waals surface area contributed by atoms with Crippen LogP contribution < -0.4 is 0 Å². The summed E-state index contributed by atoms with van der Waals surface area (Å²) in [5, 5.41) is 13.4. The Balaban J connectivity index is 1.40. The number of amides is 1. The van der Waals surface area contributed by atoms with Crippen LogP contribution in [0.15, 0.2) is 59.1 Å². The summed E-state index contributed by atoms with van der Waals surface area (Å²) in [5.74, 6) is 1.36. The van der Waals surface area contributed by atoms with Gasteiger partial charge in [0.05, 0.1) is 17.0 Å². The molecule has 0 radical (unpaired) electrons. The van der Waals surface area contributed by atoms with Gasteiger partial charge in [0.1, 0.15) is 5.60 Å². The molecule has 180 valence electrons. The molecule has 3 aromatic rings. The lowest BCUT2D eigenvalue weighted by atomic mass is 9.67. The van der Waals surface area contributed by atoms with Crippen LogP contribution in [0.4, 0.5) is 4.79 Å². The maximum atomic E-state index is 13.4. The van der Waals surface area contributed by atoms with Crippen LogP contribution in [0.5, 0.6) is 0 Å². The molecule has 35 heavy (non-hydrogen) atoms. The Labute approximate surface area is 205 Å². The molecule has 0 saturated heterocycles. The fourth-order valence-electron chi connectivity index (χ4n) is 4.85. The molecular formula is C28H30N4O3. The number of hydrogen-bond donors (Lipinski definition) is 0. The van der Waals surface area contributed by atoms with E-state index >= 15 is 0 Å². The summed E-state index contributed by atoms with van der Waals surface area (Å²) < 4.78 is 11.4. The Bertz CT molecular complexity index is 1230. The van der Waals surface area contributed by atoms with Gasteiger partial charge in [0, 0.05) is 24.1 Å². The molecule has 2 saturated carbocycles. The smallest absolute Gasteiger partial charge is 0.410 e. The van der Waals surface area contributed by atoms with Gasteiger partial charge in [0.2, 0.25) is 0 Å². The molecule has 5 rings (SSSR count). The summed E-state index contributed by atoms with van der Waals surface area (Å²) in [6, 6.07) is 19.6. The zero-order valence-corrected chi connectivity index (χ0v) is 20.4. The summed E-state index contributed by atoms with van der Waals surface area (Å²) in [4.78, 5) is 20.0. The molecule has 2 aromatic carbocycles. The molecule has 0 bridgehead atoms. The van der Waals surface area contributed by atoms with Crippen molar-refractivity contribution in [2.24, 2.45) is 0 Å². The molecular weight excluding hydrogens is 440 g/mol. The summed E-state index contributed by atoms with van der Waals surface area (Å²) in [5.41, 5.74) is 1.67. The Hall–Kier alpha value is -3.66. The lowest BCUT2D eigenvalue weighted by molar-refractivity contribution is 0.0123. The van der Waals surface area contributed by atoms with Gasteiger partial charge in [-0.15, -0.1) is 0 Å². The van der Waals surface area contributed by atoms with Crippen molar-refractivity contribution in [2.45, 2.75) is 69.4 Å². The maximum Gasteiger partial charge on any atom is 0.410 e. The number of nitriles is 1. The molecule has 2 aliphatic rings. The van der Waals surface area contributed by atoms with Gasteiger partial charge in [-0.1, -0.05) is 41.9 Å². The number of carbonyl (C=O) groups excluding carboxylic acids is 1. The lowest BCUT2D eigenvalue weighted by Crippen LogP contribution is -2.50. The Morgan fingerprint density at radius 2 is 1.89 bits per heavy atom. The quantitative estimate of drug-likeness (QED) is 0.450. The van der Waals surface area contributed by atoms with Gasteiger partial charge >= 0.3 is 6.09 Å². The average Bonchev–Trinajstić information content (AvgIpc) is 3.45. The van der Waals surface area contributed by atoms with Crippen molar-refractivity contribution in [3.05, 3.63) is 71.5 Å². The first-order chi connectivity index (χ1) is 16.8. The van der Waals surface area contributed by atoms with Crippen molar-refractivity contribution in [1.82, 2.24) is 15.0 Å². The maximum absolute atomic E-state index is 13.4. The van der Waals surface area contributed by atoms with Crippen molar-refractivity contribution < 1.29 is 14.1 Å². The molecule has 2 fully saturated rings. The molecule has 1 unspecified atom stereocenters. The molecule has 7 heteroatoms. The molecule has 0 spiro atoms. The zero-order chi connectivity index (χ0) is 24.6. The van der Waals surface area contributed by atoms with Crippen LogP contribution in [0.25, 0.3) is 11.5 Å². The highest BCUT2D eigenvalue weighted by atomic mass is 16.6. The number of ether oxygens (including phenoxy) is 1. The first kappa shape index (κ1) is 23.1. The molecule has 0 N–H and O–H groups in total. The summed E-state index contributed by atoms with van der Waals surface area (Å²) in [6.45, 7) is 6.19. The third-order valence-corrected chi connectivity index (χ3v) is 6.96. The predicted molar refractivity (Wildman–Crippen MR) is 131 cm³/mol. The highest BCUT2D eigenvalue weighted by Gasteiger charge is 2.52. The first-order valence-electron chi connectivity index (χ1n) is 12.2. The van der Waals surface area contributed by atoms with Gasteiger partial charge in [-0.05, 0) is 69.9 Å². The number of nitrogens with zero attached hydrogens (tertiary/aromatic N) is 4. The largest absolute Gasteiger partial charge is 0.444 e. The number of hydrogen-bond acceptors (Lipinski definition) is 6. The van der Waals surface area contributed by atoms with Gasteiger partial charge in [0.25, 0.3) is 5.89 Å². The van der Waals surface area contributed by atoms with Crippen LogP contribution in [0.1, 0.15) is 69.3 Å². The number of carbonyl (C=O) groups is 1. The van der Waals surface area contributed by atoms with E-state index in [1.165, 1.54) is 5.56 Å². The molecule has 1 heterocycles. The number of benzene rings is 2. The SMILES string of the molecule is CC(C)(C)OC(=O)N(CC1(c2noc(-c3ccc(C#N)cc3)n2)CCC1)[C@H]1CC1c1ccccc1. The summed E-state index contributed by atoms with van der Waals surface area (Å²) in [6.07, 6.45) is 3.46. The van der Waals surface area contributed by atoms with Crippen LogP contribution in [0.3, 0.4) is 0 Å². The highest BCUT2D eigenvalue weighted by Crippen LogP contribution is 2.49. The lowest BCUT2D eigenvalue weighted by Gasteiger charge is -2.43. The number of rotatable bonds is 6. The van der Waals surface area contributed by atoms with Gasteiger partial charge in [0.15, 0.2) is 5.82 Å². The average molecular weight is 471 g/mol. The zero-order valence-electron chi connectivity index (χ0n) is 20.4. The van der Waals surface area contributed by atoms with E-state index in [0.717, 1.165) is 31.2 Å². The van der Waals surface area contributed by atoms with Crippen LogP contribution in [0, 0.1) is 11.3 Å². The molecule has 1 amide bonds. The summed E-state index contributed by atoms with van der Waals surface area (Å²) >= 11 is 0. The molecule has 0 aliphatic heterocycles. The standard InChI is InChI=1S/C28H30N4O3/c1-27(2,3)34-26(33)32(23-16-22(23)20-8-5-4-6-9-20)18-28(14-7-15-28)25-30-24(35-31-25)21-12-10-19(17-29)11-13-21/h4-6,8-13,22-23H,7,14-16,18H2,1-3H3/t22?,23-/m0/s1. The fourth-order valence-corrected chi connectivity index (χ4v) is 4.85. The van der Waals surface area contributed by atoms with Crippen LogP contribution in [0.2, 0.25) is 0 Å².